The van der Waals surface area contributed by atoms with Gasteiger partial charge in [-0.2, -0.15) is 0 Å². The highest BCUT2D eigenvalue weighted by atomic mass is 79.9. The predicted molar refractivity (Wildman–Crippen MR) is 83.0 cm³/mol. The smallest absolute Gasteiger partial charge is 0.176 e. The van der Waals surface area contributed by atoms with Crippen molar-refractivity contribution in [2.45, 2.75) is 6.92 Å². The summed E-state index contributed by atoms with van der Waals surface area (Å²) in [7, 11) is 0. The Morgan fingerprint density at radius 1 is 1.17 bits per heavy atom. The maximum Gasteiger partial charge on any atom is 0.176 e. The fraction of sp³-hybridized carbons (Fsp3) is 0.0769. The van der Waals surface area contributed by atoms with Crippen molar-refractivity contribution in [3.05, 3.63) is 52.6 Å². The van der Waals surface area contributed by atoms with Crippen LogP contribution in [0.15, 0.2) is 46.9 Å². The van der Waals surface area contributed by atoms with Gasteiger partial charge in [0.15, 0.2) is 5.11 Å². The average molecular weight is 322 g/mol. The highest BCUT2D eigenvalue weighted by Gasteiger charge is 2.00. The first-order chi connectivity index (χ1) is 8.63. The number of hydrogen-bond donors (Lipinski definition) is 2. The zero-order chi connectivity index (χ0) is 13.0. The van der Waals surface area contributed by atoms with Gasteiger partial charge in [0.2, 0.25) is 0 Å². The second kappa shape index (κ2) is 5.93. The normalized spacial score (nSPS) is 9.89. The maximum atomic E-state index is 5.23. The molecule has 0 aliphatic carbocycles. The van der Waals surface area contributed by atoms with E-state index in [9.17, 15) is 0 Å². The van der Waals surface area contributed by atoms with E-state index in [0.29, 0.717) is 5.11 Å². The molecular formula is C13H12BrN3S. The van der Waals surface area contributed by atoms with Gasteiger partial charge in [0, 0.05) is 15.9 Å². The molecule has 1 heterocycles. The number of halogens is 1. The number of aryl methyl sites for hydroxylation is 1. The molecule has 2 aromatic rings. The Labute approximate surface area is 120 Å². The van der Waals surface area contributed by atoms with Crippen LogP contribution in [0.4, 0.5) is 11.5 Å². The quantitative estimate of drug-likeness (QED) is 0.821. The van der Waals surface area contributed by atoms with Crippen LogP contribution in [-0.4, -0.2) is 10.1 Å². The molecule has 0 bridgehead atoms. The van der Waals surface area contributed by atoms with Crippen molar-refractivity contribution in [1.82, 2.24) is 4.98 Å². The van der Waals surface area contributed by atoms with Gasteiger partial charge < -0.3 is 10.6 Å². The Balaban J connectivity index is 2.01. The van der Waals surface area contributed by atoms with Crippen LogP contribution in [0.1, 0.15) is 5.69 Å². The molecule has 0 aliphatic rings. The summed E-state index contributed by atoms with van der Waals surface area (Å²) in [5.41, 5.74) is 1.87. The van der Waals surface area contributed by atoms with Crippen molar-refractivity contribution in [2.75, 3.05) is 10.6 Å². The fourth-order valence-electron chi connectivity index (χ4n) is 1.46. The summed E-state index contributed by atoms with van der Waals surface area (Å²) in [6.07, 6.45) is 0. The fourth-order valence-corrected chi connectivity index (χ4v) is 2.08. The molecule has 2 N–H and O–H groups in total. The van der Waals surface area contributed by atoms with Crippen molar-refractivity contribution in [1.29, 1.82) is 0 Å². The number of benzene rings is 1. The Kier molecular flexibility index (Phi) is 4.28. The molecule has 18 heavy (non-hydrogen) atoms. The predicted octanol–water partition coefficient (Wildman–Crippen LogP) is 3.96. The van der Waals surface area contributed by atoms with Crippen LogP contribution in [0.5, 0.6) is 0 Å². The van der Waals surface area contributed by atoms with E-state index >= 15 is 0 Å². The number of hydrogen-bond acceptors (Lipinski definition) is 2. The van der Waals surface area contributed by atoms with Crippen molar-refractivity contribution < 1.29 is 0 Å². The number of thiocarbonyl (C=S) groups is 1. The first-order valence-corrected chi connectivity index (χ1v) is 6.61. The van der Waals surface area contributed by atoms with E-state index in [0.717, 1.165) is 21.7 Å². The van der Waals surface area contributed by atoms with E-state index in [2.05, 4.69) is 31.5 Å². The third kappa shape index (κ3) is 3.78. The lowest BCUT2D eigenvalue weighted by Crippen LogP contribution is -2.19. The highest BCUT2D eigenvalue weighted by Crippen LogP contribution is 2.16. The summed E-state index contributed by atoms with van der Waals surface area (Å²) in [6, 6.07) is 13.6. The van der Waals surface area contributed by atoms with Gasteiger partial charge in [-0.25, -0.2) is 4.98 Å². The number of rotatable bonds is 2. The van der Waals surface area contributed by atoms with E-state index in [-0.39, 0.29) is 0 Å². The van der Waals surface area contributed by atoms with Crippen LogP contribution in [0.2, 0.25) is 0 Å². The lowest BCUT2D eigenvalue weighted by Gasteiger charge is -2.10. The number of nitrogens with one attached hydrogen (secondary N) is 2. The Morgan fingerprint density at radius 2 is 1.94 bits per heavy atom. The molecule has 0 saturated carbocycles. The minimum Gasteiger partial charge on any atom is -0.332 e. The SMILES string of the molecule is Cc1cccc(NC(=S)Nc2cccc(Br)c2)n1. The molecule has 0 saturated heterocycles. The maximum absolute atomic E-state index is 5.23. The zero-order valence-corrected chi connectivity index (χ0v) is 12.2. The molecule has 0 amide bonds. The van der Waals surface area contributed by atoms with Crippen molar-refractivity contribution in [2.24, 2.45) is 0 Å². The summed E-state index contributed by atoms with van der Waals surface area (Å²) >= 11 is 8.64. The van der Waals surface area contributed by atoms with Crippen LogP contribution >= 0.6 is 28.1 Å². The molecular weight excluding hydrogens is 310 g/mol. The van der Waals surface area contributed by atoms with Crippen LogP contribution in [0.25, 0.3) is 0 Å². The lowest BCUT2D eigenvalue weighted by molar-refractivity contribution is 1.21. The Bertz CT molecular complexity index is 522. The molecule has 0 radical (unpaired) electrons. The summed E-state index contributed by atoms with van der Waals surface area (Å²) in [5.74, 6) is 0.738. The van der Waals surface area contributed by atoms with Gasteiger partial charge in [0.25, 0.3) is 0 Å². The first-order valence-electron chi connectivity index (χ1n) is 5.41. The first kappa shape index (κ1) is 13.0. The van der Waals surface area contributed by atoms with Gasteiger partial charge in [-0.3, -0.25) is 0 Å². The molecule has 0 aliphatic heterocycles. The Morgan fingerprint density at radius 3 is 2.67 bits per heavy atom. The average Bonchev–Trinajstić information content (AvgIpc) is 2.28. The van der Waals surface area contributed by atoms with E-state index < -0.39 is 0 Å². The van der Waals surface area contributed by atoms with Gasteiger partial charge in [-0.15, -0.1) is 0 Å². The molecule has 1 aromatic carbocycles. The van der Waals surface area contributed by atoms with E-state index in [1.54, 1.807) is 0 Å². The molecule has 3 nitrogen and oxygen atoms in total. The molecule has 0 atom stereocenters. The van der Waals surface area contributed by atoms with E-state index in [1.165, 1.54) is 0 Å². The summed E-state index contributed by atoms with van der Waals surface area (Å²) in [6.45, 7) is 1.94. The van der Waals surface area contributed by atoms with E-state index in [4.69, 9.17) is 12.2 Å². The van der Waals surface area contributed by atoms with Crippen molar-refractivity contribution >= 4 is 44.8 Å². The summed E-state index contributed by atoms with van der Waals surface area (Å²) in [5, 5.41) is 6.67. The molecule has 0 spiro atoms. The number of pyridine rings is 1. The number of anilines is 2. The Hall–Kier alpha value is -1.46. The van der Waals surface area contributed by atoms with Gasteiger partial charge in [0.05, 0.1) is 0 Å². The minimum atomic E-state index is 0.520. The third-order valence-electron chi connectivity index (χ3n) is 2.21. The van der Waals surface area contributed by atoms with Crippen LogP contribution in [0.3, 0.4) is 0 Å². The molecule has 0 fully saturated rings. The highest BCUT2D eigenvalue weighted by molar-refractivity contribution is 9.10. The van der Waals surface area contributed by atoms with Gasteiger partial charge in [-0.1, -0.05) is 28.1 Å². The van der Waals surface area contributed by atoms with E-state index in [1.807, 2.05) is 49.4 Å². The second-order valence-corrected chi connectivity index (χ2v) is 5.08. The topological polar surface area (TPSA) is 37.0 Å². The monoisotopic (exact) mass is 321 g/mol. The van der Waals surface area contributed by atoms with Crippen LogP contribution in [0, 0.1) is 6.92 Å². The van der Waals surface area contributed by atoms with Gasteiger partial charge in [-0.05, 0) is 49.5 Å². The lowest BCUT2D eigenvalue weighted by atomic mass is 10.3. The minimum absolute atomic E-state index is 0.520. The van der Waals surface area contributed by atoms with Crippen molar-refractivity contribution in [3.63, 3.8) is 0 Å². The number of nitrogens with zero attached hydrogens (tertiary/aromatic N) is 1. The van der Waals surface area contributed by atoms with Crippen molar-refractivity contribution in [3.8, 4) is 0 Å². The molecule has 1 aromatic heterocycles. The largest absolute Gasteiger partial charge is 0.332 e. The number of aromatic nitrogens is 1. The molecule has 5 heteroatoms. The van der Waals surface area contributed by atoms with Gasteiger partial charge >= 0.3 is 0 Å². The summed E-state index contributed by atoms with van der Waals surface area (Å²) < 4.78 is 1.00. The molecule has 2 rings (SSSR count). The third-order valence-corrected chi connectivity index (χ3v) is 2.91. The molecule has 92 valence electrons. The van der Waals surface area contributed by atoms with Crippen LogP contribution in [-0.2, 0) is 0 Å². The van der Waals surface area contributed by atoms with Crippen LogP contribution < -0.4 is 10.6 Å². The van der Waals surface area contributed by atoms with Gasteiger partial charge in [0.1, 0.15) is 5.82 Å². The summed E-state index contributed by atoms with van der Waals surface area (Å²) in [4.78, 5) is 4.32. The zero-order valence-electron chi connectivity index (χ0n) is 9.77. The standard InChI is InChI=1S/C13H12BrN3S/c1-9-4-2-7-12(15-9)17-13(18)16-11-6-3-5-10(14)8-11/h2-8H,1H3,(H2,15,16,17,18). The molecule has 0 unspecified atom stereocenters. The second-order valence-electron chi connectivity index (χ2n) is 3.75.